The lowest BCUT2D eigenvalue weighted by atomic mass is 10.0. The minimum Gasteiger partial charge on any atom is -0.467 e. The number of hydrogen-bond acceptors (Lipinski definition) is 6. The first-order valence-corrected chi connectivity index (χ1v) is 10.5. The first kappa shape index (κ1) is 23.9. The van der Waals surface area contributed by atoms with Crippen molar-refractivity contribution in [2.45, 2.75) is 19.9 Å². The zero-order valence-corrected chi connectivity index (χ0v) is 19.0. The fraction of sp³-hybridized carbons (Fsp3) is 0.217. The summed E-state index contributed by atoms with van der Waals surface area (Å²) in [5.74, 6) is -1.71. The smallest absolute Gasteiger partial charge is 0.328 e. The van der Waals surface area contributed by atoms with E-state index in [1.807, 2.05) is 0 Å². The summed E-state index contributed by atoms with van der Waals surface area (Å²) in [6.07, 6.45) is 0. The van der Waals surface area contributed by atoms with Crippen molar-refractivity contribution in [1.82, 2.24) is 10.5 Å². The van der Waals surface area contributed by atoms with Crippen LogP contribution in [0.15, 0.2) is 59.1 Å². The normalized spacial score (nSPS) is 11.5. The fourth-order valence-electron chi connectivity index (χ4n) is 2.93. The van der Waals surface area contributed by atoms with Gasteiger partial charge in [-0.1, -0.05) is 43.3 Å². The monoisotopic (exact) mass is 470 g/mol. The lowest BCUT2D eigenvalue weighted by Crippen LogP contribution is -2.44. The molecule has 1 heterocycles. The number of thiocarbonyl (C=S) groups is 1. The summed E-state index contributed by atoms with van der Waals surface area (Å²) in [5, 5.41) is 12.5. The van der Waals surface area contributed by atoms with Crippen LogP contribution >= 0.6 is 12.2 Å². The minimum atomic E-state index is -0.803. The number of methoxy groups -OCH3 is 1. The average Bonchev–Trinajstić information content (AvgIpc) is 3.29. The number of carbonyl (C=O) groups is 2. The molecule has 10 heteroatoms. The van der Waals surface area contributed by atoms with Crippen LogP contribution in [0.2, 0.25) is 0 Å². The van der Waals surface area contributed by atoms with Gasteiger partial charge >= 0.3 is 5.97 Å². The number of benzene rings is 2. The van der Waals surface area contributed by atoms with Gasteiger partial charge in [0.2, 0.25) is 5.76 Å². The van der Waals surface area contributed by atoms with Gasteiger partial charge in [0.15, 0.2) is 5.11 Å². The van der Waals surface area contributed by atoms with E-state index in [0.29, 0.717) is 16.9 Å². The molecule has 0 aliphatic carbocycles. The Morgan fingerprint density at radius 2 is 1.79 bits per heavy atom. The molecule has 0 aliphatic heterocycles. The van der Waals surface area contributed by atoms with Crippen molar-refractivity contribution >= 4 is 40.6 Å². The molecule has 1 aromatic heterocycles. The molecule has 0 saturated carbocycles. The number of hydrogen-bond donors (Lipinski definition) is 3. The van der Waals surface area contributed by atoms with E-state index in [4.69, 9.17) is 21.5 Å². The predicted molar refractivity (Wildman–Crippen MR) is 126 cm³/mol. The van der Waals surface area contributed by atoms with Crippen LogP contribution < -0.4 is 16.0 Å². The molecule has 0 fully saturated rings. The van der Waals surface area contributed by atoms with E-state index in [2.05, 4.69) is 21.1 Å². The number of carbonyl (C=O) groups excluding carboxylic acids is 2. The molecule has 8 nitrogen and oxygen atoms in total. The van der Waals surface area contributed by atoms with Crippen LogP contribution in [0.4, 0.5) is 15.8 Å². The molecular formula is C23H23FN4O4S. The van der Waals surface area contributed by atoms with Crippen molar-refractivity contribution < 1.29 is 23.2 Å². The van der Waals surface area contributed by atoms with Crippen LogP contribution in [0.1, 0.15) is 24.4 Å². The molecule has 33 heavy (non-hydrogen) atoms. The number of rotatable bonds is 7. The molecule has 0 aliphatic rings. The zero-order chi connectivity index (χ0) is 24.0. The summed E-state index contributed by atoms with van der Waals surface area (Å²) in [5.41, 5.74) is 2.08. The maximum atomic E-state index is 13.7. The summed E-state index contributed by atoms with van der Waals surface area (Å²) in [7, 11) is 1.26. The molecule has 0 bridgehead atoms. The summed E-state index contributed by atoms with van der Waals surface area (Å²) in [6.45, 7) is 3.58. The highest BCUT2D eigenvalue weighted by molar-refractivity contribution is 7.80. The molecule has 0 saturated heterocycles. The number of ether oxygens (including phenoxy) is 1. The quantitative estimate of drug-likeness (QED) is 0.348. The van der Waals surface area contributed by atoms with Gasteiger partial charge in [-0.3, -0.25) is 4.79 Å². The second-order valence-corrected chi connectivity index (χ2v) is 7.84. The fourth-order valence-corrected chi connectivity index (χ4v) is 3.15. The van der Waals surface area contributed by atoms with E-state index in [1.54, 1.807) is 56.3 Å². The Hall–Kier alpha value is -3.79. The Labute approximate surface area is 195 Å². The third-order valence-corrected chi connectivity index (χ3v) is 4.91. The van der Waals surface area contributed by atoms with Gasteiger partial charge in [0.25, 0.3) is 5.91 Å². The predicted octanol–water partition coefficient (Wildman–Crippen LogP) is 4.22. The number of para-hydroxylation sites is 1. The van der Waals surface area contributed by atoms with Crippen LogP contribution in [0, 0.1) is 11.7 Å². The molecule has 3 N–H and O–H groups in total. The van der Waals surface area contributed by atoms with Crippen molar-refractivity contribution in [1.29, 1.82) is 0 Å². The average molecular weight is 471 g/mol. The van der Waals surface area contributed by atoms with E-state index < -0.39 is 23.7 Å². The highest BCUT2D eigenvalue weighted by atomic mass is 32.1. The van der Waals surface area contributed by atoms with Gasteiger partial charge in [0.05, 0.1) is 12.8 Å². The molecule has 172 valence electrons. The number of aromatic nitrogens is 1. The number of nitrogens with zero attached hydrogens (tertiary/aromatic N) is 1. The molecule has 3 rings (SSSR count). The molecule has 0 spiro atoms. The van der Waals surface area contributed by atoms with Crippen LogP contribution in [-0.4, -0.2) is 35.3 Å². The van der Waals surface area contributed by atoms with E-state index in [-0.39, 0.29) is 22.5 Å². The highest BCUT2D eigenvalue weighted by Gasteiger charge is 2.27. The number of anilines is 2. The van der Waals surface area contributed by atoms with Crippen molar-refractivity contribution in [3.63, 3.8) is 0 Å². The largest absolute Gasteiger partial charge is 0.467 e. The Kier molecular flexibility index (Phi) is 7.73. The Balaban J connectivity index is 1.63. The summed E-state index contributed by atoms with van der Waals surface area (Å²) >= 11 is 5.22. The van der Waals surface area contributed by atoms with Crippen LogP contribution in [0.5, 0.6) is 0 Å². The Morgan fingerprint density at radius 1 is 1.09 bits per heavy atom. The Morgan fingerprint density at radius 3 is 2.42 bits per heavy atom. The third-order valence-electron chi connectivity index (χ3n) is 4.70. The standard InChI is InChI=1S/C23H23FN4O4S/c1-13(2)20(22(30)31-3)27-21(29)19-12-18(28-32-19)14-8-10-15(11-9-14)25-23(33)26-17-7-5-4-6-16(17)24/h4-13,20H,1-3H3,(H,27,29)(H2,25,26,33)/t20-/m0/s1. The van der Waals surface area contributed by atoms with Crippen molar-refractivity contribution in [3.8, 4) is 11.3 Å². The lowest BCUT2D eigenvalue weighted by molar-refractivity contribution is -0.144. The number of nitrogens with one attached hydrogen (secondary N) is 3. The third kappa shape index (κ3) is 6.13. The summed E-state index contributed by atoms with van der Waals surface area (Å²) in [6, 6.07) is 13.9. The molecular weight excluding hydrogens is 447 g/mol. The van der Waals surface area contributed by atoms with Crippen LogP contribution in [0.3, 0.4) is 0 Å². The first-order valence-electron chi connectivity index (χ1n) is 10.1. The van der Waals surface area contributed by atoms with Gasteiger partial charge in [0, 0.05) is 17.3 Å². The number of esters is 1. The van der Waals surface area contributed by atoms with Gasteiger partial charge in [-0.2, -0.15) is 0 Å². The maximum absolute atomic E-state index is 13.7. The zero-order valence-electron chi connectivity index (χ0n) is 18.2. The van der Waals surface area contributed by atoms with E-state index in [0.717, 1.165) is 0 Å². The molecule has 0 radical (unpaired) electrons. The molecule has 1 amide bonds. The minimum absolute atomic E-state index is 0.0305. The maximum Gasteiger partial charge on any atom is 0.328 e. The number of amides is 1. The van der Waals surface area contributed by atoms with Gasteiger partial charge < -0.3 is 25.2 Å². The molecule has 3 aromatic rings. The van der Waals surface area contributed by atoms with Gasteiger partial charge in [-0.05, 0) is 42.4 Å². The number of halogens is 1. The molecule has 1 atom stereocenters. The van der Waals surface area contributed by atoms with E-state index in [1.165, 1.54) is 19.2 Å². The SMILES string of the molecule is COC(=O)[C@@H](NC(=O)c1cc(-c2ccc(NC(=S)Nc3ccccc3F)cc2)no1)C(C)C. The second-order valence-electron chi connectivity index (χ2n) is 7.43. The van der Waals surface area contributed by atoms with Gasteiger partial charge in [-0.25, -0.2) is 9.18 Å². The van der Waals surface area contributed by atoms with Crippen LogP contribution in [-0.2, 0) is 9.53 Å². The van der Waals surface area contributed by atoms with Crippen LogP contribution in [0.25, 0.3) is 11.3 Å². The topological polar surface area (TPSA) is 105 Å². The van der Waals surface area contributed by atoms with Crippen molar-refractivity contribution in [2.75, 3.05) is 17.7 Å². The molecule has 2 aromatic carbocycles. The second kappa shape index (κ2) is 10.7. The summed E-state index contributed by atoms with van der Waals surface area (Å²) < 4.78 is 23.6. The van der Waals surface area contributed by atoms with Gasteiger partial charge in [-0.15, -0.1) is 0 Å². The molecule has 0 unspecified atom stereocenters. The first-order chi connectivity index (χ1) is 15.8. The lowest BCUT2D eigenvalue weighted by Gasteiger charge is -2.18. The highest BCUT2D eigenvalue weighted by Crippen LogP contribution is 2.22. The van der Waals surface area contributed by atoms with Gasteiger partial charge in [0.1, 0.15) is 17.6 Å². The Bertz CT molecular complexity index is 1150. The van der Waals surface area contributed by atoms with Crippen molar-refractivity contribution in [3.05, 3.63) is 66.2 Å². The van der Waals surface area contributed by atoms with E-state index in [9.17, 15) is 14.0 Å². The van der Waals surface area contributed by atoms with E-state index >= 15 is 0 Å². The summed E-state index contributed by atoms with van der Waals surface area (Å²) in [4.78, 5) is 24.3. The van der Waals surface area contributed by atoms with Crippen molar-refractivity contribution in [2.24, 2.45) is 5.92 Å².